The Bertz CT molecular complexity index is 655. The third-order valence-corrected chi connectivity index (χ3v) is 4.18. The van der Waals surface area contributed by atoms with Crippen molar-refractivity contribution in [3.63, 3.8) is 0 Å². The van der Waals surface area contributed by atoms with Crippen LogP contribution >= 0.6 is 15.9 Å². The SMILES string of the molecule is CCOc1cc(-c2n[nH]c3c2CNCC3)cc(Br)c1OC. The van der Waals surface area contributed by atoms with Gasteiger partial charge in [-0.25, -0.2) is 0 Å². The number of ether oxygens (including phenoxy) is 2. The van der Waals surface area contributed by atoms with Crippen molar-refractivity contribution in [2.45, 2.75) is 19.9 Å². The highest BCUT2D eigenvalue weighted by Gasteiger charge is 2.20. The summed E-state index contributed by atoms with van der Waals surface area (Å²) >= 11 is 3.55. The number of methoxy groups -OCH3 is 1. The molecule has 2 aromatic rings. The molecule has 1 aliphatic rings. The van der Waals surface area contributed by atoms with E-state index in [2.05, 4.69) is 31.4 Å². The Morgan fingerprint density at radius 3 is 3.00 bits per heavy atom. The van der Waals surface area contributed by atoms with Crippen LogP contribution in [0, 0.1) is 0 Å². The molecule has 0 saturated heterocycles. The molecule has 6 heteroatoms. The average molecular weight is 352 g/mol. The topological polar surface area (TPSA) is 59.2 Å². The van der Waals surface area contributed by atoms with Crippen LogP contribution in [-0.2, 0) is 13.0 Å². The summed E-state index contributed by atoms with van der Waals surface area (Å²) in [6, 6.07) is 4.00. The average Bonchev–Trinajstić information content (AvgIpc) is 2.91. The minimum Gasteiger partial charge on any atom is -0.492 e. The smallest absolute Gasteiger partial charge is 0.174 e. The van der Waals surface area contributed by atoms with Gasteiger partial charge in [-0.1, -0.05) is 0 Å². The number of hydrogen-bond donors (Lipinski definition) is 2. The molecular formula is C15H18BrN3O2. The largest absolute Gasteiger partial charge is 0.492 e. The van der Waals surface area contributed by atoms with Crippen LogP contribution in [0.5, 0.6) is 11.5 Å². The summed E-state index contributed by atoms with van der Waals surface area (Å²) in [7, 11) is 1.64. The van der Waals surface area contributed by atoms with Gasteiger partial charge in [-0.3, -0.25) is 5.10 Å². The van der Waals surface area contributed by atoms with Gasteiger partial charge in [-0.2, -0.15) is 5.10 Å². The van der Waals surface area contributed by atoms with Crippen LogP contribution in [0.15, 0.2) is 16.6 Å². The van der Waals surface area contributed by atoms with Crippen molar-refractivity contribution in [1.29, 1.82) is 0 Å². The van der Waals surface area contributed by atoms with E-state index in [-0.39, 0.29) is 0 Å². The molecule has 112 valence electrons. The van der Waals surface area contributed by atoms with E-state index in [1.807, 2.05) is 19.1 Å². The number of nitrogens with zero attached hydrogens (tertiary/aromatic N) is 1. The highest BCUT2D eigenvalue weighted by molar-refractivity contribution is 9.10. The Hall–Kier alpha value is -1.53. The molecule has 3 rings (SSSR count). The molecule has 21 heavy (non-hydrogen) atoms. The molecule has 0 unspecified atom stereocenters. The van der Waals surface area contributed by atoms with Gasteiger partial charge in [0, 0.05) is 36.3 Å². The summed E-state index contributed by atoms with van der Waals surface area (Å²) in [6.07, 6.45) is 0.984. The Balaban J connectivity index is 2.08. The van der Waals surface area contributed by atoms with Gasteiger partial charge in [-0.15, -0.1) is 0 Å². The van der Waals surface area contributed by atoms with Crippen molar-refractivity contribution >= 4 is 15.9 Å². The fourth-order valence-electron chi connectivity index (χ4n) is 2.63. The lowest BCUT2D eigenvalue weighted by atomic mass is 10.0. The maximum atomic E-state index is 5.68. The molecule has 0 spiro atoms. The molecule has 0 amide bonds. The normalized spacial score (nSPS) is 13.9. The number of fused-ring (bicyclic) bond motifs is 1. The van der Waals surface area contributed by atoms with Crippen LogP contribution in [0.3, 0.4) is 0 Å². The molecular weight excluding hydrogens is 334 g/mol. The third kappa shape index (κ3) is 2.65. The maximum Gasteiger partial charge on any atom is 0.174 e. The second-order valence-electron chi connectivity index (χ2n) is 4.88. The zero-order chi connectivity index (χ0) is 14.8. The van der Waals surface area contributed by atoms with E-state index in [0.29, 0.717) is 12.4 Å². The number of aromatic amines is 1. The molecule has 0 fully saturated rings. The molecule has 2 N–H and O–H groups in total. The van der Waals surface area contributed by atoms with Crippen molar-refractivity contribution in [2.24, 2.45) is 0 Å². The van der Waals surface area contributed by atoms with Crippen molar-refractivity contribution < 1.29 is 9.47 Å². The third-order valence-electron chi connectivity index (χ3n) is 3.59. The summed E-state index contributed by atoms with van der Waals surface area (Å²) in [4.78, 5) is 0. The van der Waals surface area contributed by atoms with E-state index < -0.39 is 0 Å². The lowest BCUT2D eigenvalue weighted by Gasteiger charge is -2.15. The summed E-state index contributed by atoms with van der Waals surface area (Å²) in [5.41, 5.74) is 4.45. The number of benzene rings is 1. The molecule has 0 bridgehead atoms. The number of hydrogen-bond acceptors (Lipinski definition) is 4. The summed E-state index contributed by atoms with van der Waals surface area (Å²) in [5.74, 6) is 1.44. The molecule has 1 aromatic heterocycles. The van der Waals surface area contributed by atoms with Crippen LogP contribution < -0.4 is 14.8 Å². The second-order valence-corrected chi connectivity index (χ2v) is 5.73. The van der Waals surface area contributed by atoms with Crippen LogP contribution in [0.25, 0.3) is 11.3 Å². The lowest BCUT2D eigenvalue weighted by molar-refractivity contribution is 0.310. The molecule has 0 atom stereocenters. The Kier molecular flexibility index (Phi) is 4.17. The van der Waals surface area contributed by atoms with Gasteiger partial charge in [0.05, 0.1) is 23.9 Å². The van der Waals surface area contributed by atoms with E-state index in [4.69, 9.17) is 9.47 Å². The lowest BCUT2D eigenvalue weighted by Crippen LogP contribution is -2.23. The molecule has 0 saturated carbocycles. The fraction of sp³-hybridized carbons (Fsp3) is 0.400. The predicted octanol–water partition coefficient (Wildman–Crippen LogP) is 2.89. The summed E-state index contributed by atoms with van der Waals surface area (Å²) in [6.45, 7) is 4.38. The van der Waals surface area contributed by atoms with E-state index in [9.17, 15) is 0 Å². The van der Waals surface area contributed by atoms with E-state index in [0.717, 1.165) is 41.0 Å². The molecule has 5 nitrogen and oxygen atoms in total. The van der Waals surface area contributed by atoms with E-state index >= 15 is 0 Å². The monoisotopic (exact) mass is 351 g/mol. The van der Waals surface area contributed by atoms with Crippen molar-refractivity contribution in [2.75, 3.05) is 20.3 Å². The first kappa shape index (κ1) is 14.4. The highest BCUT2D eigenvalue weighted by Crippen LogP contribution is 2.40. The van der Waals surface area contributed by atoms with Crippen LogP contribution in [-0.4, -0.2) is 30.5 Å². The first-order chi connectivity index (χ1) is 10.2. The Morgan fingerprint density at radius 2 is 2.24 bits per heavy atom. The van der Waals surface area contributed by atoms with Crippen molar-refractivity contribution in [3.05, 3.63) is 27.9 Å². The quantitative estimate of drug-likeness (QED) is 0.889. The van der Waals surface area contributed by atoms with Gasteiger partial charge in [0.25, 0.3) is 0 Å². The zero-order valence-corrected chi connectivity index (χ0v) is 13.7. The Labute approximate surface area is 132 Å². The molecule has 2 heterocycles. The van der Waals surface area contributed by atoms with Crippen LogP contribution in [0.4, 0.5) is 0 Å². The van der Waals surface area contributed by atoms with Crippen molar-refractivity contribution in [1.82, 2.24) is 15.5 Å². The van der Waals surface area contributed by atoms with Crippen LogP contribution in [0.2, 0.25) is 0 Å². The number of halogens is 1. The van der Waals surface area contributed by atoms with Crippen LogP contribution in [0.1, 0.15) is 18.2 Å². The zero-order valence-electron chi connectivity index (χ0n) is 12.1. The molecule has 1 aromatic carbocycles. The molecule has 1 aliphatic heterocycles. The van der Waals surface area contributed by atoms with E-state index in [1.165, 1.54) is 11.3 Å². The minimum atomic E-state index is 0.590. The fourth-order valence-corrected chi connectivity index (χ4v) is 3.23. The number of aromatic nitrogens is 2. The van der Waals surface area contributed by atoms with Gasteiger partial charge < -0.3 is 14.8 Å². The maximum absolute atomic E-state index is 5.68. The molecule has 0 aliphatic carbocycles. The van der Waals surface area contributed by atoms with Gasteiger partial charge in [0.1, 0.15) is 0 Å². The first-order valence-electron chi connectivity index (χ1n) is 7.02. The van der Waals surface area contributed by atoms with Gasteiger partial charge in [0.2, 0.25) is 0 Å². The minimum absolute atomic E-state index is 0.590. The van der Waals surface area contributed by atoms with Gasteiger partial charge in [0.15, 0.2) is 11.5 Å². The van der Waals surface area contributed by atoms with Crippen molar-refractivity contribution in [3.8, 4) is 22.8 Å². The number of H-pyrrole nitrogens is 1. The summed E-state index contributed by atoms with van der Waals surface area (Å²) < 4.78 is 12.0. The standard InChI is InChI=1S/C15H18BrN3O2/c1-3-21-13-7-9(6-11(16)15(13)20-2)14-10-8-17-5-4-12(10)18-19-14/h6-7,17H,3-5,8H2,1-2H3,(H,18,19). The number of rotatable bonds is 4. The van der Waals surface area contributed by atoms with Gasteiger partial charge in [-0.05, 0) is 35.0 Å². The predicted molar refractivity (Wildman–Crippen MR) is 84.9 cm³/mol. The highest BCUT2D eigenvalue weighted by atomic mass is 79.9. The first-order valence-corrected chi connectivity index (χ1v) is 7.81. The summed E-state index contributed by atoms with van der Waals surface area (Å²) in [5, 5.41) is 11.0. The van der Waals surface area contributed by atoms with E-state index in [1.54, 1.807) is 7.11 Å². The number of nitrogens with one attached hydrogen (secondary N) is 2. The second kappa shape index (κ2) is 6.07. The Morgan fingerprint density at radius 1 is 1.38 bits per heavy atom. The van der Waals surface area contributed by atoms with Gasteiger partial charge >= 0.3 is 0 Å². The molecule has 0 radical (unpaired) electrons.